The van der Waals surface area contributed by atoms with E-state index < -0.39 is 0 Å². The first-order valence-electron chi connectivity index (χ1n) is 5.99. The van der Waals surface area contributed by atoms with Crippen LogP contribution in [-0.2, 0) is 11.3 Å². The maximum Gasteiger partial charge on any atom is 0.220 e. The molecule has 17 heavy (non-hydrogen) atoms. The molecule has 0 bridgehead atoms. The monoisotopic (exact) mass is 235 g/mol. The summed E-state index contributed by atoms with van der Waals surface area (Å²) in [7, 11) is 0. The van der Waals surface area contributed by atoms with E-state index in [9.17, 15) is 4.79 Å². The molecule has 0 aromatic carbocycles. The number of carbonyl (C=O) groups is 1. The topological polar surface area (TPSA) is 68.0 Å². The second kappa shape index (κ2) is 7.01. The lowest BCUT2D eigenvalue weighted by Gasteiger charge is -2.09. The number of amides is 1. The number of rotatable bonds is 6. The average Bonchev–Trinajstić information content (AvgIpc) is 2.35. The van der Waals surface area contributed by atoms with E-state index in [1.165, 1.54) is 0 Å². The van der Waals surface area contributed by atoms with Crippen molar-refractivity contribution in [2.45, 2.75) is 33.2 Å². The van der Waals surface area contributed by atoms with Gasteiger partial charge in [0.15, 0.2) is 0 Å². The van der Waals surface area contributed by atoms with Crippen LogP contribution in [0.25, 0.3) is 0 Å². The van der Waals surface area contributed by atoms with Crippen LogP contribution in [0, 0.1) is 12.8 Å². The minimum atomic E-state index is 0.0847. The largest absolute Gasteiger partial charge is 0.352 e. The summed E-state index contributed by atoms with van der Waals surface area (Å²) in [6, 6.07) is 1.93. The highest BCUT2D eigenvalue weighted by Gasteiger charge is 2.05. The predicted octanol–water partition coefficient (Wildman–Crippen LogP) is 1.38. The van der Waals surface area contributed by atoms with Gasteiger partial charge in [-0.25, -0.2) is 0 Å². The molecule has 0 spiro atoms. The molecule has 3 N–H and O–H groups in total. The molecule has 1 aromatic rings. The normalized spacial score (nSPS) is 12.2. The molecule has 0 saturated carbocycles. The van der Waals surface area contributed by atoms with Crippen LogP contribution in [0.1, 0.15) is 30.9 Å². The molecule has 0 saturated heterocycles. The maximum atomic E-state index is 11.6. The average molecular weight is 235 g/mol. The van der Waals surface area contributed by atoms with Crippen LogP contribution in [0.5, 0.6) is 0 Å². The Bertz CT molecular complexity index is 365. The summed E-state index contributed by atoms with van der Waals surface area (Å²) in [6.07, 6.45) is 4.93. The van der Waals surface area contributed by atoms with E-state index in [2.05, 4.69) is 17.2 Å². The van der Waals surface area contributed by atoms with Gasteiger partial charge in [0.2, 0.25) is 5.91 Å². The molecule has 0 aliphatic heterocycles. The van der Waals surface area contributed by atoms with Crippen LogP contribution >= 0.6 is 0 Å². The zero-order chi connectivity index (χ0) is 12.7. The minimum Gasteiger partial charge on any atom is -0.352 e. The summed E-state index contributed by atoms with van der Waals surface area (Å²) < 4.78 is 0. The highest BCUT2D eigenvalue weighted by atomic mass is 16.1. The molecule has 94 valence electrons. The van der Waals surface area contributed by atoms with Crippen molar-refractivity contribution in [3.8, 4) is 0 Å². The highest BCUT2D eigenvalue weighted by Crippen LogP contribution is 2.06. The SMILES string of the molecule is Cc1cnccc1CNC(=O)CCC(C)CN. The number of hydrogen-bond acceptors (Lipinski definition) is 3. The van der Waals surface area contributed by atoms with E-state index in [1.54, 1.807) is 12.4 Å². The maximum absolute atomic E-state index is 11.6. The zero-order valence-corrected chi connectivity index (χ0v) is 10.6. The van der Waals surface area contributed by atoms with Gasteiger partial charge in [-0.2, -0.15) is 0 Å². The van der Waals surface area contributed by atoms with E-state index in [4.69, 9.17) is 5.73 Å². The fraction of sp³-hybridized carbons (Fsp3) is 0.538. The lowest BCUT2D eigenvalue weighted by molar-refractivity contribution is -0.121. The molecule has 1 atom stereocenters. The molecule has 1 unspecified atom stereocenters. The van der Waals surface area contributed by atoms with Crippen molar-refractivity contribution in [2.24, 2.45) is 11.7 Å². The third kappa shape index (κ3) is 4.95. The van der Waals surface area contributed by atoms with E-state index in [0.29, 0.717) is 25.4 Å². The van der Waals surface area contributed by atoms with Gasteiger partial charge in [0, 0.05) is 25.4 Å². The molecule has 1 amide bonds. The van der Waals surface area contributed by atoms with Crippen molar-refractivity contribution < 1.29 is 4.79 Å². The van der Waals surface area contributed by atoms with Crippen molar-refractivity contribution >= 4 is 5.91 Å². The quantitative estimate of drug-likeness (QED) is 0.782. The van der Waals surface area contributed by atoms with Gasteiger partial charge < -0.3 is 11.1 Å². The number of aryl methyl sites for hydroxylation is 1. The van der Waals surface area contributed by atoms with Crippen molar-refractivity contribution in [1.29, 1.82) is 0 Å². The Morgan fingerprint density at radius 2 is 2.35 bits per heavy atom. The minimum absolute atomic E-state index is 0.0847. The predicted molar refractivity (Wildman–Crippen MR) is 68.3 cm³/mol. The van der Waals surface area contributed by atoms with Crippen LogP contribution in [0.4, 0.5) is 0 Å². The Labute approximate surface area is 103 Å². The van der Waals surface area contributed by atoms with Gasteiger partial charge in [0.25, 0.3) is 0 Å². The zero-order valence-electron chi connectivity index (χ0n) is 10.6. The van der Waals surface area contributed by atoms with Crippen molar-refractivity contribution in [2.75, 3.05) is 6.54 Å². The first kappa shape index (κ1) is 13.6. The number of carbonyl (C=O) groups excluding carboxylic acids is 1. The number of nitrogens with zero attached hydrogens (tertiary/aromatic N) is 1. The molecule has 0 aliphatic rings. The standard InChI is InChI=1S/C13H21N3O/c1-10(7-14)3-4-13(17)16-9-12-5-6-15-8-11(12)2/h5-6,8,10H,3-4,7,9,14H2,1-2H3,(H,16,17). The van der Waals surface area contributed by atoms with E-state index >= 15 is 0 Å². The highest BCUT2D eigenvalue weighted by molar-refractivity contribution is 5.75. The molecule has 1 aromatic heterocycles. The van der Waals surface area contributed by atoms with Gasteiger partial charge in [0.05, 0.1) is 0 Å². The van der Waals surface area contributed by atoms with Crippen LogP contribution < -0.4 is 11.1 Å². The summed E-state index contributed by atoms with van der Waals surface area (Å²) in [6.45, 7) is 5.26. The Morgan fingerprint density at radius 3 is 3.00 bits per heavy atom. The Hall–Kier alpha value is -1.42. The van der Waals surface area contributed by atoms with Gasteiger partial charge in [-0.05, 0) is 43.0 Å². The lowest BCUT2D eigenvalue weighted by atomic mass is 10.1. The number of hydrogen-bond donors (Lipinski definition) is 2. The Kier molecular flexibility index (Phi) is 5.63. The van der Waals surface area contributed by atoms with Gasteiger partial charge in [0.1, 0.15) is 0 Å². The fourth-order valence-electron chi connectivity index (χ4n) is 1.48. The molecular weight excluding hydrogens is 214 g/mol. The molecule has 1 rings (SSSR count). The van der Waals surface area contributed by atoms with Crippen molar-refractivity contribution in [1.82, 2.24) is 10.3 Å². The number of pyridine rings is 1. The van der Waals surface area contributed by atoms with Gasteiger partial charge in [-0.3, -0.25) is 9.78 Å². The van der Waals surface area contributed by atoms with E-state index in [-0.39, 0.29) is 5.91 Å². The fourth-order valence-corrected chi connectivity index (χ4v) is 1.48. The number of nitrogens with one attached hydrogen (secondary N) is 1. The summed E-state index contributed by atoms with van der Waals surface area (Å²) in [4.78, 5) is 15.6. The summed E-state index contributed by atoms with van der Waals surface area (Å²) in [5.74, 6) is 0.491. The van der Waals surface area contributed by atoms with Crippen molar-refractivity contribution in [3.63, 3.8) is 0 Å². The number of nitrogens with two attached hydrogens (primary N) is 1. The first-order chi connectivity index (χ1) is 8.13. The van der Waals surface area contributed by atoms with E-state index in [1.807, 2.05) is 13.0 Å². The Balaban J connectivity index is 2.31. The molecular formula is C13H21N3O. The summed E-state index contributed by atoms with van der Waals surface area (Å²) in [5.41, 5.74) is 7.72. The van der Waals surface area contributed by atoms with Crippen LogP contribution in [0.3, 0.4) is 0 Å². The second-order valence-electron chi connectivity index (χ2n) is 4.46. The summed E-state index contributed by atoms with van der Waals surface area (Å²) >= 11 is 0. The Morgan fingerprint density at radius 1 is 1.59 bits per heavy atom. The smallest absolute Gasteiger partial charge is 0.220 e. The first-order valence-corrected chi connectivity index (χ1v) is 5.99. The second-order valence-corrected chi connectivity index (χ2v) is 4.46. The van der Waals surface area contributed by atoms with Crippen molar-refractivity contribution in [3.05, 3.63) is 29.6 Å². The lowest BCUT2D eigenvalue weighted by Crippen LogP contribution is -2.24. The van der Waals surface area contributed by atoms with Crippen LogP contribution in [0.15, 0.2) is 18.5 Å². The molecule has 0 fully saturated rings. The number of aromatic nitrogens is 1. The third-order valence-corrected chi connectivity index (χ3v) is 2.88. The molecule has 4 heteroatoms. The summed E-state index contributed by atoms with van der Waals surface area (Å²) in [5, 5.41) is 2.91. The van der Waals surface area contributed by atoms with Gasteiger partial charge in [-0.15, -0.1) is 0 Å². The molecule has 0 radical (unpaired) electrons. The third-order valence-electron chi connectivity index (χ3n) is 2.88. The van der Waals surface area contributed by atoms with Gasteiger partial charge in [-0.1, -0.05) is 6.92 Å². The molecule has 1 heterocycles. The van der Waals surface area contributed by atoms with Gasteiger partial charge >= 0.3 is 0 Å². The molecule has 4 nitrogen and oxygen atoms in total. The molecule has 0 aliphatic carbocycles. The van der Waals surface area contributed by atoms with Crippen LogP contribution in [0.2, 0.25) is 0 Å². The van der Waals surface area contributed by atoms with Crippen LogP contribution in [-0.4, -0.2) is 17.4 Å². The van der Waals surface area contributed by atoms with E-state index in [0.717, 1.165) is 17.5 Å².